The lowest BCUT2D eigenvalue weighted by Crippen LogP contribution is -2.42. The third-order valence-corrected chi connectivity index (χ3v) is 10.3. The third kappa shape index (κ3) is 7.82. The monoisotopic (exact) mass is 597 g/mol. The number of carbonyl (C=O) groups is 1. The molecule has 2 aromatic rings. The van der Waals surface area contributed by atoms with Crippen molar-refractivity contribution < 1.29 is 18.8 Å². The summed E-state index contributed by atoms with van der Waals surface area (Å²) in [6.07, 6.45) is 8.29. The average molecular weight is 598 g/mol. The van der Waals surface area contributed by atoms with Crippen molar-refractivity contribution in [3.05, 3.63) is 83.4 Å². The lowest BCUT2D eigenvalue weighted by atomic mass is 9.70. The topological polar surface area (TPSA) is 79.2 Å². The van der Waals surface area contributed by atoms with Crippen LogP contribution in [0.25, 0.3) is 0 Å². The zero-order chi connectivity index (χ0) is 29.5. The Morgan fingerprint density at radius 2 is 2.00 bits per heavy atom. The number of benzene rings is 2. The minimum atomic E-state index is -1.66. The second kappa shape index (κ2) is 14.5. The van der Waals surface area contributed by atoms with Gasteiger partial charge >= 0.3 is 0 Å². The van der Waals surface area contributed by atoms with E-state index in [4.69, 9.17) is 16.3 Å². The average Bonchev–Trinajstić information content (AvgIpc) is 2.97. The van der Waals surface area contributed by atoms with E-state index in [-0.39, 0.29) is 23.0 Å². The maximum absolute atomic E-state index is 13.3. The van der Waals surface area contributed by atoms with Crippen LogP contribution < -0.4 is 9.64 Å². The van der Waals surface area contributed by atoms with Gasteiger partial charge in [0.05, 0.1) is 18.4 Å². The minimum absolute atomic E-state index is 0.0936. The highest BCUT2D eigenvalue weighted by molar-refractivity contribution is 7.75. The molecule has 222 valence electrons. The molecule has 2 aromatic carbocycles. The number of anilines is 1. The van der Waals surface area contributed by atoms with Crippen molar-refractivity contribution in [2.75, 3.05) is 18.1 Å². The molecule has 0 radical (unpaired) electrons. The van der Waals surface area contributed by atoms with Crippen LogP contribution in [0.15, 0.2) is 66.1 Å². The predicted molar refractivity (Wildman–Crippen MR) is 168 cm³/mol. The van der Waals surface area contributed by atoms with Gasteiger partial charge < -0.3 is 23.3 Å². The molecule has 6 nitrogen and oxygen atoms in total. The number of ether oxygens (including phenoxy) is 1. The van der Waals surface area contributed by atoms with Crippen molar-refractivity contribution >= 4 is 33.8 Å². The Morgan fingerprint density at radius 1 is 1.20 bits per heavy atom. The van der Waals surface area contributed by atoms with E-state index in [9.17, 15) is 14.1 Å². The molecule has 1 aliphatic heterocycles. The summed E-state index contributed by atoms with van der Waals surface area (Å²) in [5.74, 6) is 0.694. The number of hydrogen-bond donors (Lipinski definition) is 1. The normalized spacial score (nSPS) is 22.0. The second-order valence-corrected chi connectivity index (χ2v) is 13.3. The van der Waals surface area contributed by atoms with Crippen LogP contribution in [0.4, 0.5) is 5.69 Å². The smallest absolute Gasteiger partial charge is 0.254 e. The van der Waals surface area contributed by atoms with Crippen LogP contribution in [-0.4, -0.2) is 35.5 Å². The third-order valence-electron chi connectivity index (χ3n) is 8.62. The quantitative estimate of drug-likeness (QED) is 0.239. The van der Waals surface area contributed by atoms with Gasteiger partial charge in [0.25, 0.3) is 5.91 Å². The highest BCUT2D eigenvalue weighted by Crippen LogP contribution is 2.41. The first-order chi connectivity index (χ1) is 19.7. The number of amides is 1. The molecule has 1 saturated carbocycles. The molecule has 41 heavy (non-hydrogen) atoms. The molecular weight excluding hydrogens is 556 g/mol. The van der Waals surface area contributed by atoms with Crippen LogP contribution in [0, 0.1) is 17.8 Å². The summed E-state index contributed by atoms with van der Waals surface area (Å²) in [5, 5.41) is 11.0. The Bertz CT molecular complexity index is 1340. The van der Waals surface area contributed by atoms with Crippen LogP contribution in [0.1, 0.15) is 67.4 Å². The molecule has 2 aliphatic rings. The number of aryl methyl sites for hydroxylation is 1. The summed E-state index contributed by atoms with van der Waals surface area (Å²) >= 11 is 6.38. The van der Waals surface area contributed by atoms with Crippen LogP contribution >= 0.6 is 11.6 Å². The molecule has 8 heteroatoms. The zero-order valence-corrected chi connectivity index (χ0v) is 25.7. The van der Waals surface area contributed by atoms with Gasteiger partial charge in [-0.05, 0) is 91.8 Å². The van der Waals surface area contributed by atoms with E-state index in [0.29, 0.717) is 42.5 Å². The van der Waals surface area contributed by atoms with E-state index >= 15 is 0 Å². The number of allylic oxidation sites excluding steroid dienone is 1. The summed E-state index contributed by atoms with van der Waals surface area (Å²) in [5.41, 5.74) is 3.56. The molecule has 0 aromatic heterocycles. The van der Waals surface area contributed by atoms with E-state index in [0.717, 1.165) is 37.8 Å². The Hall–Kier alpha value is -2.61. The number of nitrogens with zero attached hydrogens (tertiary/aromatic N) is 2. The fourth-order valence-corrected chi connectivity index (χ4v) is 6.79. The van der Waals surface area contributed by atoms with Gasteiger partial charge in [0, 0.05) is 23.7 Å². The summed E-state index contributed by atoms with van der Waals surface area (Å²) in [4.78, 5) is 15.5. The summed E-state index contributed by atoms with van der Waals surface area (Å²) in [6, 6.07) is 11.4. The van der Waals surface area contributed by atoms with Gasteiger partial charge in [-0.3, -0.25) is 4.79 Å². The maximum atomic E-state index is 13.3. The Labute approximate surface area is 251 Å². The van der Waals surface area contributed by atoms with E-state index in [1.165, 1.54) is 11.1 Å². The Balaban J connectivity index is 1.73. The summed E-state index contributed by atoms with van der Waals surface area (Å²) < 4.78 is 23.3. The first-order valence-electron chi connectivity index (χ1n) is 14.6. The number of aliphatic hydroxyl groups is 1. The first-order valence-corrected chi connectivity index (χ1v) is 16.1. The fraction of sp³-hybridized carbons (Fsp3) is 0.485. The molecule has 4 rings (SSSR count). The van der Waals surface area contributed by atoms with Crippen LogP contribution in [-0.2, 0) is 27.8 Å². The zero-order valence-electron chi connectivity index (χ0n) is 24.1. The lowest BCUT2D eigenvalue weighted by molar-refractivity contribution is 0.0464. The van der Waals surface area contributed by atoms with Gasteiger partial charge in [-0.2, -0.15) is 10.6 Å². The summed E-state index contributed by atoms with van der Waals surface area (Å²) in [6.45, 7) is 13.2. The van der Waals surface area contributed by atoms with Crippen molar-refractivity contribution in [3.63, 3.8) is 0 Å². The number of carbonyl (C=O) groups excluding carboxylic acids is 1. The predicted octanol–water partition coefficient (Wildman–Crippen LogP) is 7.52. The van der Waals surface area contributed by atoms with Crippen LogP contribution in [0.5, 0.6) is 5.75 Å². The minimum Gasteiger partial charge on any atom is -0.491 e. The SMILES string of the molecule is C=CC[C@H](C)[C@@H](C)[S-](=O)=NC(=O)c1ccc2c(c1)N(C[C@@H]1CC[C@H]1[C@@H](O)C=C)Cc1ccc(Cl)cc1CCCCO2. The van der Waals surface area contributed by atoms with Gasteiger partial charge in [-0.1, -0.05) is 54.8 Å². The van der Waals surface area contributed by atoms with Crippen LogP contribution in [0.2, 0.25) is 5.02 Å². The molecule has 1 fully saturated rings. The van der Waals surface area contributed by atoms with Gasteiger partial charge in [0.1, 0.15) is 5.75 Å². The molecule has 0 unspecified atom stereocenters. The lowest BCUT2D eigenvalue weighted by Gasteiger charge is -2.42. The fourth-order valence-electron chi connectivity index (χ4n) is 5.65. The number of halogens is 1. The van der Waals surface area contributed by atoms with Crippen molar-refractivity contribution in [1.82, 2.24) is 0 Å². The van der Waals surface area contributed by atoms with E-state index in [1.54, 1.807) is 18.2 Å². The molecule has 0 bridgehead atoms. The van der Waals surface area contributed by atoms with Crippen molar-refractivity contribution in [1.29, 1.82) is 0 Å². The summed E-state index contributed by atoms with van der Waals surface area (Å²) in [7, 11) is -1.66. The molecule has 1 heterocycles. The molecule has 5 atom stereocenters. The molecular formula is C33H42ClN2O4S-. The molecule has 1 amide bonds. The molecule has 0 saturated heterocycles. The highest BCUT2D eigenvalue weighted by Gasteiger charge is 2.36. The highest BCUT2D eigenvalue weighted by atomic mass is 35.5. The Kier molecular flexibility index (Phi) is 11.1. The van der Waals surface area contributed by atoms with Gasteiger partial charge in [-0.25, -0.2) is 0 Å². The second-order valence-electron chi connectivity index (χ2n) is 11.4. The molecule has 1 N–H and O–H groups in total. The van der Waals surface area contributed by atoms with E-state index < -0.39 is 22.6 Å². The number of fused-ring (bicyclic) bond motifs is 2. The van der Waals surface area contributed by atoms with Gasteiger partial charge in [0.15, 0.2) is 0 Å². The van der Waals surface area contributed by atoms with E-state index in [1.807, 2.05) is 38.1 Å². The van der Waals surface area contributed by atoms with Crippen molar-refractivity contribution in [2.45, 2.75) is 70.3 Å². The molecule has 0 spiro atoms. The maximum Gasteiger partial charge on any atom is 0.254 e. The standard InChI is InChI=1S/C33H42ClN2O4S/c1-5-9-22(3)23(4)41(39)35-33(38)25-13-16-32-30(19-25)36(21-27-12-15-29(27)31(37)6-2)20-26-11-14-28(34)18-24(26)10-7-8-17-40-32/h5-6,11,13-14,16,18-19,22-23,27,29,31,37H,1-2,7-10,12,15,17,20-21H2,3-4H3/q-1/t22-,23+,27-,29+,31-/m0/s1. The van der Waals surface area contributed by atoms with Gasteiger partial charge in [0.2, 0.25) is 0 Å². The van der Waals surface area contributed by atoms with Crippen LogP contribution in [0.3, 0.4) is 0 Å². The number of rotatable bonds is 9. The Morgan fingerprint density at radius 3 is 2.71 bits per heavy atom. The van der Waals surface area contributed by atoms with E-state index in [2.05, 4.69) is 28.5 Å². The largest absolute Gasteiger partial charge is 0.491 e. The number of aliphatic hydroxyl groups excluding tert-OH is 1. The van der Waals surface area contributed by atoms with Crippen molar-refractivity contribution in [3.8, 4) is 5.75 Å². The van der Waals surface area contributed by atoms with Gasteiger partial charge in [-0.15, -0.1) is 13.2 Å². The first kappa shape index (κ1) is 31.3. The number of hydrogen-bond acceptors (Lipinski definition) is 6. The van der Waals surface area contributed by atoms with Crippen molar-refractivity contribution in [2.24, 2.45) is 22.1 Å². The molecule has 1 aliphatic carbocycles.